The first-order valence-corrected chi connectivity index (χ1v) is 4.16. The van der Waals surface area contributed by atoms with Gasteiger partial charge in [0.2, 0.25) is 0 Å². The maximum Gasteiger partial charge on any atom is 0.332 e. The Hall–Kier alpha value is -1.42. The van der Waals surface area contributed by atoms with Crippen molar-refractivity contribution in [1.29, 1.82) is 0 Å². The first-order valence-electron chi connectivity index (χ1n) is 4.16. The Kier molecular flexibility index (Phi) is 3.19. The van der Waals surface area contributed by atoms with Crippen molar-refractivity contribution in [3.63, 3.8) is 0 Å². The van der Waals surface area contributed by atoms with E-state index >= 15 is 0 Å². The first kappa shape index (κ1) is 10.7. The second-order valence-corrected chi connectivity index (χ2v) is 3.13. The molecule has 1 aromatic rings. The summed E-state index contributed by atoms with van der Waals surface area (Å²) in [7, 11) is 0. The van der Waals surface area contributed by atoms with Crippen LogP contribution in [0.5, 0.6) is 0 Å². The van der Waals surface area contributed by atoms with Crippen LogP contribution in [-0.2, 0) is 11.2 Å². The van der Waals surface area contributed by atoms with Crippen LogP contribution in [0.4, 0.5) is 4.39 Å². The summed E-state index contributed by atoms with van der Waals surface area (Å²) < 4.78 is 12.7. The van der Waals surface area contributed by atoms with E-state index < -0.39 is 12.1 Å². The first-order chi connectivity index (χ1) is 6.50. The van der Waals surface area contributed by atoms with Crippen LogP contribution in [0.15, 0.2) is 18.2 Å². The fourth-order valence-electron chi connectivity index (χ4n) is 1.18. The molecule has 4 heteroatoms. The second kappa shape index (κ2) is 4.19. The van der Waals surface area contributed by atoms with Gasteiger partial charge >= 0.3 is 5.97 Å². The summed E-state index contributed by atoms with van der Waals surface area (Å²) in [5.74, 6) is -1.63. The molecule has 1 aromatic carbocycles. The van der Waals surface area contributed by atoms with Crippen LogP contribution in [0.3, 0.4) is 0 Å². The maximum atomic E-state index is 12.7. The van der Waals surface area contributed by atoms with Gasteiger partial charge in [-0.3, -0.25) is 0 Å². The van der Waals surface area contributed by atoms with Crippen molar-refractivity contribution in [3.05, 3.63) is 35.1 Å². The summed E-state index contributed by atoms with van der Waals surface area (Å²) >= 11 is 0. The summed E-state index contributed by atoms with van der Waals surface area (Å²) in [4.78, 5) is 10.4. The van der Waals surface area contributed by atoms with Gasteiger partial charge in [-0.2, -0.15) is 0 Å². The van der Waals surface area contributed by atoms with Gasteiger partial charge < -0.3 is 10.2 Å². The number of halogens is 1. The Balaban J connectivity index is 2.82. The molecule has 0 radical (unpaired) electrons. The molecule has 1 atom stereocenters. The smallest absolute Gasteiger partial charge is 0.332 e. The molecule has 0 heterocycles. The summed E-state index contributed by atoms with van der Waals surface area (Å²) in [6, 6.07) is 4.04. The van der Waals surface area contributed by atoms with Gasteiger partial charge in [0, 0.05) is 6.42 Å². The predicted molar refractivity (Wildman–Crippen MR) is 48.5 cm³/mol. The van der Waals surface area contributed by atoms with Crippen LogP contribution in [0.25, 0.3) is 0 Å². The van der Waals surface area contributed by atoms with Crippen LogP contribution < -0.4 is 0 Å². The Bertz CT molecular complexity index is 349. The average molecular weight is 198 g/mol. The van der Waals surface area contributed by atoms with E-state index in [1.54, 1.807) is 6.92 Å². The third kappa shape index (κ3) is 2.53. The Morgan fingerprint density at radius 3 is 2.71 bits per heavy atom. The molecule has 0 saturated heterocycles. The molecular formula is C10H11FO3. The van der Waals surface area contributed by atoms with Crippen molar-refractivity contribution in [2.45, 2.75) is 19.4 Å². The normalized spacial score (nSPS) is 12.5. The lowest BCUT2D eigenvalue weighted by molar-refractivity contribution is -0.146. The number of carboxylic acids is 1. The van der Waals surface area contributed by atoms with Crippen molar-refractivity contribution in [1.82, 2.24) is 0 Å². The molecule has 0 amide bonds. The second-order valence-electron chi connectivity index (χ2n) is 3.13. The van der Waals surface area contributed by atoms with Crippen molar-refractivity contribution >= 4 is 5.97 Å². The lowest BCUT2D eigenvalue weighted by atomic mass is 10.0. The number of carboxylic acid groups (broad SMARTS) is 1. The standard InChI is InChI=1S/C10H11FO3/c1-6-4-8(11)3-2-7(6)5-9(12)10(13)14/h2-4,9,12H,5H2,1H3,(H,13,14). The van der Waals surface area contributed by atoms with E-state index in [9.17, 15) is 9.18 Å². The van der Waals surface area contributed by atoms with Crippen LogP contribution in [-0.4, -0.2) is 22.3 Å². The summed E-state index contributed by atoms with van der Waals surface area (Å²) in [6.07, 6.45) is -1.43. The molecule has 0 aromatic heterocycles. The fourth-order valence-corrected chi connectivity index (χ4v) is 1.18. The highest BCUT2D eigenvalue weighted by Crippen LogP contribution is 2.12. The molecule has 76 valence electrons. The van der Waals surface area contributed by atoms with Gasteiger partial charge in [-0.05, 0) is 30.2 Å². The monoisotopic (exact) mass is 198 g/mol. The molecule has 14 heavy (non-hydrogen) atoms. The minimum Gasteiger partial charge on any atom is -0.479 e. The van der Waals surface area contributed by atoms with E-state index in [0.29, 0.717) is 11.1 Å². The highest BCUT2D eigenvalue weighted by Gasteiger charge is 2.14. The fraction of sp³-hybridized carbons (Fsp3) is 0.300. The number of aryl methyl sites for hydroxylation is 1. The maximum absolute atomic E-state index is 12.7. The number of hydrogen-bond donors (Lipinski definition) is 2. The van der Waals surface area contributed by atoms with Crippen LogP contribution in [0.1, 0.15) is 11.1 Å². The van der Waals surface area contributed by atoms with Crippen molar-refractivity contribution in [2.24, 2.45) is 0 Å². The largest absolute Gasteiger partial charge is 0.479 e. The van der Waals surface area contributed by atoms with Gasteiger partial charge in [0.1, 0.15) is 5.82 Å². The zero-order chi connectivity index (χ0) is 10.7. The van der Waals surface area contributed by atoms with Crippen LogP contribution >= 0.6 is 0 Å². The van der Waals surface area contributed by atoms with Crippen LogP contribution in [0, 0.1) is 12.7 Å². The van der Waals surface area contributed by atoms with Crippen molar-refractivity contribution in [2.75, 3.05) is 0 Å². The van der Waals surface area contributed by atoms with Gasteiger partial charge in [-0.1, -0.05) is 6.07 Å². The zero-order valence-corrected chi connectivity index (χ0v) is 7.70. The lowest BCUT2D eigenvalue weighted by Gasteiger charge is -2.08. The summed E-state index contributed by atoms with van der Waals surface area (Å²) in [6.45, 7) is 1.67. The molecule has 0 aliphatic rings. The molecule has 0 spiro atoms. The topological polar surface area (TPSA) is 57.5 Å². The molecule has 0 bridgehead atoms. The van der Waals surface area contributed by atoms with Gasteiger partial charge in [-0.25, -0.2) is 9.18 Å². The molecule has 0 aliphatic carbocycles. The van der Waals surface area contributed by atoms with Gasteiger partial charge in [0.15, 0.2) is 6.10 Å². The molecule has 2 N–H and O–H groups in total. The molecule has 0 aliphatic heterocycles. The van der Waals surface area contributed by atoms with Gasteiger partial charge in [0.25, 0.3) is 0 Å². The number of aliphatic carboxylic acids is 1. The highest BCUT2D eigenvalue weighted by molar-refractivity contribution is 5.72. The molecule has 3 nitrogen and oxygen atoms in total. The number of rotatable bonds is 3. The third-order valence-electron chi connectivity index (χ3n) is 2.00. The summed E-state index contributed by atoms with van der Waals surface area (Å²) in [5, 5.41) is 17.5. The molecule has 0 saturated carbocycles. The molecular weight excluding hydrogens is 187 g/mol. The molecule has 0 fully saturated rings. The van der Waals surface area contributed by atoms with E-state index in [1.807, 2.05) is 0 Å². The Labute approximate surface area is 80.8 Å². The Morgan fingerprint density at radius 2 is 2.21 bits per heavy atom. The van der Waals surface area contributed by atoms with Crippen LogP contribution in [0.2, 0.25) is 0 Å². The van der Waals surface area contributed by atoms with Gasteiger partial charge in [0.05, 0.1) is 0 Å². The minimum atomic E-state index is -1.43. The quantitative estimate of drug-likeness (QED) is 0.765. The lowest BCUT2D eigenvalue weighted by Crippen LogP contribution is -2.22. The minimum absolute atomic E-state index is 0.00144. The highest BCUT2D eigenvalue weighted by atomic mass is 19.1. The van der Waals surface area contributed by atoms with E-state index in [4.69, 9.17) is 10.2 Å². The molecule has 1 unspecified atom stereocenters. The zero-order valence-electron chi connectivity index (χ0n) is 7.70. The SMILES string of the molecule is Cc1cc(F)ccc1CC(O)C(=O)O. The van der Waals surface area contributed by atoms with E-state index in [0.717, 1.165) is 0 Å². The number of carbonyl (C=O) groups is 1. The number of benzene rings is 1. The number of aliphatic hydroxyl groups is 1. The predicted octanol–water partition coefficient (Wildman–Crippen LogP) is 1.12. The van der Waals surface area contributed by atoms with Gasteiger partial charge in [-0.15, -0.1) is 0 Å². The van der Waals surface area contributed by atoms with E-state index in [-0.39, 0.29) is 12.2 Å². The summed E-state index contributed by atoms with van der Waals surface area (Å²) in [5.41, 5.74) is 1.28. The number of hydrogen-bond acceptors (Lipinski definition) is 2. The average Bonchev–Trinajstić information content (AvgIpc) is 2.09. The van der Waals surface area contributed by atoms with E-state index in [1.165, 1.54) is 18.2 Å². The third-order valence-corrected chi connectivity index (χ3v) is 2.00. The molecule has 1 rings (SSSR count). The van der Waals surface area contributed by atoms with E-state index in [2.05, 4.69) is 0 Å². The van der Waals surface area contributed by atoms with Crippen molar-refractivity contribution in [3.8, 4) is 0 Å². The number of aliphatic hydroxyl groups excluding tert-OH is 1. The Morgan fingerprint density at radius 1 is 1.57 bits per heavy atom. The van der Waals surface area contributed by atoms with Crippen molar-refractivity contribution < 1.29 is 19.4 Å².